The zero-order valence-corrected chi connectivity index (χ0v) is 11.0. The maximum Gasteiger partial charge on any atom is 0.410 e. The Hall–Kier alpha value is -1.59. The van der Waals surface area contributed by atoms with Gasteiger partial charge in [-0.25, -0.2) is 4.79 Å². The summed E-state index contributed by atoms with van der Waals surface area (Å²) in [5.41, 5.74) is -0.150. The molecule has 0 unspecified atom stereocenters. The third-order valence-electron chi connectivity index (χ3n) is 3.57. The quantitative estimate of drug-likeness (QED) is 0.860. The monoisotopic (exact) mass is 265 g/mol. The minimum absolute atomic E-state index is 0.191. The van der Waals surface area contributed by atoms with E-state index < -0.39 is 17.7 Å². The summed E-state index contributed by atoms with van der Waals surface area (Å²) in [5, 5.41) is 19.3. The van der Waals surface area contributed by atoms with Crippen molar-refractivity contribution in [1.82, 2.24) is 4.90 Å². The zero-order valence-electron chi connectivity index (χ0n) is 11.0. The van der Waals surface area contributed by atoms with Gasteiger partial charge in [-0.05, 0) is 18.9 Å². The average Bonchev–Trinajstić information content (AvgIpc) is 2.72. The summed E-state index contributed by atoms with van der Waals surface area (Å²) in [6.45, 7) is 1.94. The van der Waals surface area contributed by atoms with Crippen molar-refractivity contribution in [2.75, 3.05) is 13.2 Å². The Morgan fingerprint density at radius 3 is 2.79 bits per heavy atom. The lowest BCUT2D eigenvalue weighted by Crippen LogP contribution is -2.47. The van der Waals surface area contributed by atoms with E-state index >= 15 is 0 Å². The van der Waals surface area contributed by atoms with Gasteiger partial charge in [0.2, 0.25) is 0 Å². The second-order valence-electron chi connectivity index (χ2n) is 5.04. The van der Waals surface area contributed by atoms with Crippen LogP contribution in [0.4, 0.5) is 4.79 Å². The van der Waals surface area contributed by atoms with Gasteiger partial charge < -0.3 is 14.9 Å². The third-order valence-corrected chi connectivity index (χ3v) is 3.57. The Kier molecular flexibility index (Phi) is 4.07. The van der Waals surface area contributed by atoms with Crippen LogP contribution in [0.1, 0.15) is 18.9 Å². The largest absolute Gasteiger partial charge is 0.445 e. The van der Waals surface area contributed by atoms with E-state index in [1.54, 1.807) is 6.92 Å². The van der Waals surface area contributed by atoms with Crippen molar-refractivity contribution in [1.29, 1.82) is 0 Å². The highest BCUT2D eigenvalue weighted by atomic mass is 16.6. The molecule has 104 valence electrons. The van der Waals surface area contributed by atoms with Gasteiger partial charge in [0.15, 0.2) is 0 Å². The van der Waals surface area contributed by atoms with Crippen LogP contribution >= 0.6 is 0 Å². The lowest BCUT2D eigenvalue weighted by Gasteiger charge is -2.29. The average molecular weight is 265 g/mol. The molecular formula is C14H19NO4. The zero-order chi connectivity index (χ0) is 13.9. The van der Waals surface area contributed by atoms with Gasteiger partial charge in [0.1, 0.15) is 6.61 Å². The van der Waals surface area contributed by atoms with Gasteiger partial charge in [0.25, 0.3) is 0 Å². The number of nitrogens with zero attached hydrogens (tertiary/aromatic N) is 1. The van der Waals surface area contributed by atoms with E-state index in [0.717, 1.165) is 5.56 Å². The molecule has 0 radical (unpaired) electrons. The van der Waals surface area contributed by atoms with Crippen molar-refractivity contribution in [3.8, 4) is 0 Å². The van der Waals surface area contributed by atoms with E-state index in [-0.39, 0.29) is 13.2 Å². The highest BCUT2D eigenvalue weighted by Gasteiger charge is 2.44. The molecule has 1 fully saturated rings. The SMILES string of the molecule is C[C@@]1(O)CCN(C(=O)OCc2ccccc2)[C@@H]1CO. The summed E-state index contributed by atoms with van der Waals surface area (Å²) in [5.74, 6) is 0. The first kappa shape index (κ1) is 13.8. The number of ether oxygens (including phenoxy) is 1. The van der Waals surface area contributed by atoms with Crippen molar-refractivity contribution >= 4 is 6.09 Å². The van der Waals surface area contributed by atoms with Crippen molar-refractivity contribution in [3.63, 3.8) is 0 Å². The van der Waals surface area contributed by atoms with Gasteiger partial charge in [-0.1, -0.05) is 30.3 Å². The van der Waals surface area contributed by atoms with Gasteiger partial charge in [0.05, 0.1) is 18.2 Å². The molecule has 0 aliphatic carbocycles. The molecule has 1 aromatic carbocycles. The van der Waals surface area contributed by atoms with E-state index in [1.807, 2.05) is 30.3 Å². The molecule has 2 N–H and O–H groups in total. The summed E-state index contributed by atoms with van der Waals surface area (Å²) in [4.78, 5) is 13.3. The molecule has 1 aromatic rings. The van der Waals surface area contributed by atoms with Gasteiger partial charge in [0, 0.05) is 6.54 Å². The van der Waals surface area contributed by atoms with Crippen LogP contribution in [-0.4, -0.2) is 46.0 Å². The number of aliphatic hydroxyl groups is 2. The third kappa shape index (κ3) is 3.05. The fraction of sp³-hybridized carbons (Fsp3) is 0.500. The standard InChI is InChI=1S/C14H19NO4/c1-14(18)7-8-15(12(14)9-16)13(17)19-10-11-5-3-2-4-6-11/h2-6,12,16,18H,7-10H2,1H3/t12-,14-/m1/s1. The molecule has 5 heteroatoms. The molecule has 1 aliphatic rings. The molecular weight excluding hydrogens is 246 g/mol. The predicted octanol–water partition coefficient (Wildman–Crippen LogP) is 1.14. The Morgan fingerprint density at radius 1 is 1.47 bits per heavy atom. The van der Waals surface area contributed by atoms with Crippen LogP contribution in [0.15, 0.2) is 30.3 Å². The maximum atomic E-state index is 12.0. The number of carbonyl (C=O) groups excluding carboxylic acids is 1. The number of carbonyl (C=O) groups is 1. The molecule has 5 nitrogen and oxygen atoms in total. The Balaban J connectivity index is 1.94. The smallest absolute Gasteiger partial charge is 0.410 e. The van der Waals surface area contributed by atoms with Crippen LogP contribution in [0.5, 0.6) is 0 Å². The summed E-state index contributed by atoms with van der Waals surface area (Å²) >= 11 is 0. The first-order valence-corrected chi connectivity index (χ1v) is 6.35. The van der Waals surface area contributed by atoms with Gasteiger partial charge in [-0.15, -0.1) is 0 Å². The number of hydrogen-bond acceptors (Lipinski definition) is 4. The number of hydrogen-bond donors (Lipinski definition) is 2. The predicted molar refractivity (Wildman–Crippen MR) is 69.4 cm³/mol. The molecule has 1 aliphatic heterocycles. The topological polar surface area (TPSA) is 70.0 Å². The minimum atomic E-state index is -1.06. The maximum absolute atomic E-state index is 12.0. The highest BCUT2D eigenvalue weighted by molar-refractivity contribution is 5.68. The van der Waals surface area contributed by atoms with Crippen LogP contribution in [0.2, 0.25) is 0 Å². The number of likely N-dealkylation sites (tertiary alicyclic amines) is 1. The Labute approximate surface area is 112 Å². The van der Waals surface area contributed by atoms with Crippen LogP contribution in [0, 0.1) is 0 Å². The first-order chi connectivity index (χ1) is 9.04. The van der Waals surface area contributed by atoms with Gasteiger partial charge in [-0.2, -0.15) is 0 Å². The highest BCUT2D eigenvalue weighted by Crippen LogP contribution is 2.28. The molecule has 2 atom stereocenters. The van der Waals surface area contributed by atoms with Crippen molar-refractivity contribution in [3.05, 3.63) is 35.9 Å². The van der Waals surface area contributed by atoms with Crippen LogP contribution < -0.4 is 0 Å². The van der Waals surface area contributed by atoms with Gasteiger partial charge >= 0.3 is 6.09 Å². The number of amides is 1. The summed E-state index contributed by atoms with van der Waals surface area (Å²) in [6.07, 6.45) is -0.0563. The molecule has 19 heavy (non-hydrogen) atoms. The lowest BCUT2D eigenvalue weighted by atomic mass is 9.98. The van der Waals surface area contributed by atoms with Crippen molar-refractivity contribution in [2.24, 2.45) is 0 Å². The lowest BCUT2D eigenvalue weighted by molar-refractivity contribution is -0.00677. The van der Waals surface area contributed by atoms with E-state index in [4.69, 9.17) is 4.74 Å². The molecule has 1 amide bonds. The molecule has 0 bridgehead atoms. The fourth-order valence-electron chi connectivity index (χ4n) is 2.32. The normalized spacial score (nSPS) is 26.5. The van der Waals surface area contributed by atoms with E-state index in [0.29, 0.717) is 13.0 Å². The van der Waals surface area contributed by atoms with E-state index in [1.165, 1.54) is 4.90 Å². The summed E-state index contributed by atoms with van der Waals surface area (Å²) in [6, 6.07) is 8.79. The molecule has 1 saturated heterocycles. The van der Waals surface area contributed by atoms with Crippen molar-refractivity contribution in [2.45, 2.75) is 31.6 Å². The summed E-state index contributed by atoms with van der Waals surface area (Å²) < 4.78 is 5.20. The fourth-order valence-corrected chi connectivity index (χ4v) is 2.32. The molecule has 0 aromatic heterocycles. The van der Waals surface area contributed by atoms with E-state index in [9.17, 15) is 15.0 Å². The first-order valence-electron chi connectivity index (χ1n) is 6.35. The second-order valence-corrected chi connectivity index (χ2v) is 5.04. The summed E-state index contributed by atoms with van der Waals surface area (Å²) in [7, 11) is 0. The van der Waals surface area contributed by atoms with Crippen molar-refractivity contribution < 1.29 is 19.7 Å². The number of aliphatic hydroxyl groups excluding tert-OH is 1. The minimum Gasteiger partial charge on any atom is -0.445 e. The number of rotatable bonds is 3. The van der Waals surface area contributed by atoms with E-state index in [2.05, 4.69) is 0 Å². The molecule has 2 rings (SSSR count). The van der Waals surface area contributed by atoms with Gasteiger partial charge in [-0.3, -0.25) is 4.90 Å². The Morgan fingerprint density at radius 2 is 2.16 bits per heavy atom. The molecule has 0 spiro atoms. The van der Waals surface area contributed by atoms with Crippen LogP contribution in [0.25, 0.3) is 0 Å². The van der Waals surface area contributed by atoms with Crippen LogP contribution in [0.3, 0.4) is 0 Å². The number of benzene rings is 1. The van der Waals surface area contributed by atoms with Crippen LogP contribution in [-0.2, 0) is 11.3 Å². The molecule has 1 heterocycles. The Bertz CT molecular complexity index is 432. The second kappa shape index (κ2) is 5.59. The molecule has 0 saturated carbocycles.